The Morgan fingerprint density at radius 2 is 1.92 bits per heavy atom. The smallest absolute Gasteiger partial charge is 0.341 e. The first-order valence-electron chi connectivity index (χ1n) is 7.59. The monoisotopic (exact) mass is 389 g/mol. The van der Waals surface area contributed by atoms with Gasteiger partial charge in [0.25, 0.3) is 0 Å². The zero-order valence-corrected chi connectivity index (χ0v) is 16.3. The lowest BCUT2D eigenvalue weighted by Crippen LogP contribution is -2.07. The molecule has 136 valence electrons. The molecule has 26 heavy (non-hydrogen) atoms. The van der Waals surface area contributed by atoms with Crippen LogP contribution in [0, 0.1) is 0 Å². The number of aliphatic imine (C=N–C) groups is 1. The molecule has 1 aromatic heterocycles. The van der Waals surface area contributed by atoms with Gasteiger partial charge < -0.3 is 9.47 Å². The standard InChI is InChI=1S/C18H19N3O3S2/c1-23-11-15(16(22)24-2)13-7-4-5-8-14(13)17(25-3)26-12-21-18-19-9-6-10-20-18/h4-12,17H,1-3H3/b15-11+,21-12?. The zero-order chi connectivity index (χ0) is 18.8. The molecule has 0 aliphatic carbocycles. The Morgan fingerprint density at radius 3 is 2.58 bits per heavy atom. The highest BCUT2D eigenvalue weighted by molar-refractivity contribution is 8.23. The van der Waals surface area contributed by atoms with Crippen LogP contribution in [0.1, 0.15) is 15.7 Å². The van der Waals surface area contributed by atoms with E-state index in [2.05, 4.69) is 15.0 Å². The molecular formula is C18H19N3O3S2. The SMILES string of the molecule is CO/C=C(/C(=O)OC)c1ccccc1C(SC)SC=Nc1ncccn1. The number of esters is 1. The second-order valence-corrected chi connectivity index (χ2v) is 7.03. The average Bonchev–Trinajstić information content (AvgIpc) is 2.70. The fourth-order valence-electron chi connectivity index (χ4n) is 2.14. The van der Waals surface area contributed by atoms with Crippen molar-refractivity contribution in [2.45, 2.75) is 4.58 Å². The highest BCUT2D eigenvalue weighted by atomic mass is 32.2. The lowest BCUT2D eigenvalue weighted by atomic mass is 10.0. The summed E-state index contributed by atoms with van der Waals surface area (Å²) >= 11 is 3.15. The molecule has 6 nitrogen and oxygen atoms in total. The third-order valence-electron chi connectivity index (χ3n) is 3.26. The quantitative estimate of drug-likeness (QED) is 0.168. The van der Waals surface area contributed by atoms with Gasteiger partial charge in [0.1, 0.15) is 5.57 Å². The van der Waals surface area contributed by atoms with E-state index in [4.69, 9.17) is 9.47 Å². The number of thioether (sulfide) groups is 2. The maximum absolute atomic E-state index is 12.1. The summed E-state index contributed by atoms with van der Waals surface area (Å²) in [5.41, 5.74) is 3.82. The predicted molar refractivity (Wildman–Crippen MR) is 107 cm³/mol. The van der Waals surface area contributed by atoms with Crippen LogP contribution in [0.15, 0.2) is 54.0 Å². The molecule has 1 atom stereocenters. The van der Waals surface area contributed by atoms with Gasteiger partial charge in [-0.3, -0.25) is 0 Å². The number of carbonyl (C=O) groups excluding carboxylic acids is 1. The van der Waals surface area contributed by atoms with Gasteiger partial charge in [0.05, 0.1) is 30.6 Å². The Kier molecular flexibility index (Phi) is 8.17. The molecular weight excluding hydrogens is 370 g/mol. The summed E-state index contributed by atoms with van der Waals surface area (Å²) in [7, 11) is 2.85. The summed E-state index contributed by atoms with van der Waals surface area (Å²) in [6, 6.07) is 9.39. The molecule has 0 aliphatic heterocycles. The highest BCUT2D eigenvalue weighted by Crippen LogP contribution is 2.40. The second kappa shape index (κ2) is 10.6. The number of methoxy groups -OCH3 is 2. The lowest BCUT2D eigenvalue weighted by Gasteiger charge is -2.17. The molecule has 0 saturated carbocycles. The van der Waals surface area contributed by atoms with Crippen LogP contribution >= 0.6 is 23.5 Å². The third-order valence-corrected chi connectivity index (χ3v) is 5.59. The van der Waals surface area contributed by atoms with Crippen molar-refractivity contribution in [3.63, 3.8) is 0 Å². The maximum Gasteiger partial charge on any atom is 0.341 e. The Morgan fingerprint density at radius 1 is 1.19 bits per heavy atom. The Bertz CT molecular complexity index is 782. The van der Waals surface area contributed by atoms with E-state index in [-0.39, 0.29) is 4.58 Å². The normalized spacial score (nSPS) is 12.8. The number of benzene rings is 1. The lowest BCUT2D eigenvalue weighted by molar-refractivity contribution is -0.133. The van der Waals surface area contributed by atoms with Crippen molar-refractivity contribution in [1.82, 2.24) is 9.97 Å². The van der Waals surface area contributed by atoms with Crippen LogP contribution in [-0.4, -0.2) is 42.0 Å². The molecule has 0 amide bonds. The predicted octanol–water partition coefficient (Wildman–Crippen LogP) is 4.09. The van der Waals surface area contributed by atoms with E-state index < -0.39 is 5.97 Å². The van der Waals surface area contributed by atoms with Crippen LogP contribution in [0.25, 0.3) is 5.57 Å². The van der Waals surface area contributed by atoms with Gasteiger partial charge in [0.2, 0.25) is 5.95 Å². The van der Waals surface area contributed by atoms with Crippen molar-refractivity contribution in [3.05, 3.63) is 60.1 Å². The van der Waals surface area contributed by atoms with Crippen LogP contribution in [0.4, 0.5) is 5.95 Å². The Labute approximate surface area is 161 Å². The fourth-order valence-corrected chi connectivity index (χ4v) is 3.81. The number of hydrogen-bond acceptors (Lipinski definition) is 8. The molecule has 1 unspecified atom stereocenters. The third kappa shape index (κ3) is 5.34. The molecule has 0 bridgehead atoms. The summed E-state index contributed by atoms with van der Waals surface area (Å²) in [6.45, 7) is 0. The summed E-state index contributed by atoms with van der Waals surface area (Å²) in [5.74, 6) is -0.0434. The van der Waals surface area contributed by atoms with Crippen LogP contribution in [0.2, 0.25) is 0 Å². The van der Waals surface area contributed by atoms with Gasteiger partial charge in [-0.15, -0.1) is 11.8 Å². The Hall–Kier alpha value is -2.32. The van der Waals surface area contributed by atoms with Crippen molar-refractivity contribution in [1.29, 1.82) is 0 Å². The minimum atomic E-state index is -0.449. The van der Waals surface area contributed by atoms with Gasteiger partial charge in [0.15, 0.2) is 0 Å². The van der Waals surface area contributed by atoms with Crippen LogP contribution < -0.4 is 0 Å². The van der Waals surface area contributed by atoms with E-state index in [1.165, 1.54) is 32.2 Å². The molecule has 1 heterocycles. The van der Waals surface area contributed by atoms with E-state index in [0.717, 1.165) is 11.1 Å². The molecule has 0 fully saturated rings. The van der Waals surface area contributed by atoms with E-state index in [0.29, 0.717) is 11.5 Å². The highest BCUT2D eigenvalue weighted by Gasteiger charge is 2.21. The van der Waals surface area contributed by atoms with Gasteiger partial charge in [-0.25, -0.2) is 19.8 Å². The Balaban J connectivity index is 2.29. The number of carbonyl (C=O) groups is 1. The van der Waals surface area contributed by atoms with E-state index in [1.54, 1.807) is 35.8 Å². The number of ether oxygens (including phenoxy) is 2. The van der Waals surface area contributed by atoms with Crippen LogP contribution in [0.3, 0.4) is 0 Å². The van der Waals surface area contributed by atoms with Crippen molar-refractivity contribution in [3.8, 4) is 0 Å². The van der Waals surface area contributed by atoms with E-state index in [9.17, 15) is 4.79 Å². The minimum Gasteiger partial charge on any atom is -0.503 e. The van der Waals surface area contributed by atoms with Crippen molar-refractivity contribution in [2.75, 3.05) is 20.5 Å². The average molecular weight is 390 g/mol. The molecule has 0 N–H and O–H groups in total. The topological polar surface area (TPSA) is 73.7 Å². The van der Waals surface area contributed by atoms with Crippen molar-refractivity contribution < 1.29 is 14.3 Å². The van der Waals surface area contributed by atoms with Gasteiger partial charge >= 0.3 is 5.97 Å². The van der Waals surface area contributed by atoms with Gasteiger partial charge in [-0.05, 0) is 23.4 Å². The van der Waals surface area contributed by atoms with Crippen molar-refractivity contribution in [2.24, 2.45) is 4.99 Å². The van der Waals surface area contributed by atoms with E-state index in [1.807, 2.05) is 30.5 Å². The van der Waals surface area contributed by atoms with Crippen LogP contribution in [-0.2, 0) is 14.3 Å². The second-order valence-electron chi connectivity index (χ2n) is 4.83. The number of aromatic nitrogens is 2. The zero-order valence-electron chi connectivity index (χ0n) is 14.7. The molecule has 8 heteroatoms. The van der Waals surface area contributed by atoms with Crippen LogP contribution in [0.5, 0.6) is 0 Å². The first kappa shape index (κ1) is 20.0. The summed E-state index contributed by atoms with van der Waals surface area (Å²) in [4.78, 5) is 24.5. The van der Waals surface area contributed by atoms with Gasteiger partial charge in [0, 0.05) is 12.4 Å². The largest absolute Gasteiger partial charge is 0.503 e. The molecule has 1 aromatic carbocycles. The number of hydrogen-bond donors (Lipinski definition) is 0. The first-order chi connectivity index (χ1) is 12.7. The van der Waals surface area contributed by atoms with Gasteiger partial charge in [-0.2, -0.15) is 0 Å². The van der Waals surface area contributed by atoms with E-state index >= 15 is 0 Å². The minimum absolute atomic E-state index is 0.0172. The summed E-state index contributed by atoms with van der Waals surface area (Å²) in [5, 5.41) is 0. The van der Waals surface area contributed by atoms with Gasteiger partial charge in [-0.1, -0.05) is 36.0 Å². The molecule has 0 spiro atoms. The summed E-state index contributed by atoms with van der Waals surface area (Å²) < 4.78 is 9.97. The molecule has 0 aliphatic rings. The van der Waals surface area contributed by atoms with Crippen molar-refractivity contribution >= 4 is 46.6 Å². The number of nitrogens with zero attached hydrogens (tertiary/aromatic N) is 3. The maximum atomic E-state index is 12.1. The summed E-state index contributed by atoms with van der Waals surface area (Å²) in [6.07, 6.45) is 6.69. The molecule has 0 radical (unpaired) electrons. The number of rotatable bonds is 8. The first-order valence-corrected chi connectivity index (χ1v) is 9.82. The molecule has 2 rings (SSSR count). The molecule has 0 saturated heterocycles. The molecule has 2 aromatic rings. The fraction of sp³-hybridized carbons (Fsp3) is 0.222.